The van der Waals surface area contributed by atoms with Gasteiger partial charge in [0.25, 0.3) is 5.92 Å². The lowest BCUT2D eigenvalue weighted by molar-refractivity contribution is -0.0116. The van der Waals surface area contributed by atoms with Crippen LogP contribution in [0.3, 0.4) is 0 Å². The van der Waals surface area contributed by atoms with E-state index in [-0.39, 0.29) is 23.5 Å². The first-order valence-corrected chi connectivity index (χ1v) is 10.4. The van der Waals surface area contributed by atoms with Crippen LogP contribution in [0.5, 0.6) is 0 Å². The lowest BCUT2D eigenvalue weighted by atomic mass is 10.1. The van der Waals surface area contributed by atoms with Crippen LogP contribution in [0, 0.1) is 5.82 Å². The Hall–Kier alpha value is -3.88. The van der Waals surface area contributed by atoms with Crippen LogP contribution in [0.1, 0.15) is 18.5 Å². The Bertz CT molecular complexity index is 1250. The third-order valence-corrected chi connectivity index (χ3v) is 5.25. The summed E-state index contributed by atoms with van der Waals surface area (Å²) in [6.45, 7) is -0.0174. The van der Waals surface area contributed by atoms with Crippen LogP contribution in [0.4, 0.5) is 24.5 Å². The van der Waals surface area contributed by atoms with Gasteiger partial charge in [-0.15, -0.1) is 0 Å². The van der Waals surface area contributed by atoms with E-state index >= 15 is 0 Å². The van der Waals surface area contributed by atoms with Crippen molar-refractivity contribution in [2.45, 2.75) is 18.8 Å². The van der Waals surface area contributed by atoms with Gasteiger partial charge in [-0.05, 0) is 49.0 Å². The largest absolute Gasteiger partial charge is 0.405 e. The molecule has 1 aromatic heterocycles. The molecule has 1 fully saturated rings. The lowest BCUT2D eigenvalue weighted by Crippen LogP contribution is -2.42. The van der Waals surface area contributed by atoms with Crippen molar-refractivity contribution in [2.75, 3.05) is 18.0 Å². The van der Waals surface area contributed by atoms with Gasteiger partial charge >= 0.3 is 0 Å². The lowest BCUT2D eigenvalue weighted by Gasteiger charge is -2.34. The predicted molar refractivity (Wildman–Crippen MR) is 122 cm³/mol. The zero-order valence-corrected chi connectivity index (χ0v) is 17.7. The fourth-order valence-electron chi connectivity index (χ4n) is 3.69. The van der Waals surface area contributed by atoms with Gasteiger partial charge in [0.15, 0.2) is 11.5 Å². The molecule has 0 unspecified atom stereocenters. The van der Waals surface area contributed by atoms with E-state index in [0.29, 0.717) is 24.3 Å². The number of anilines is 1. The third-order valence-electron chi connectivity index (χ3n) is 5.25. The van der Waals surface area contributed by atoms with E-state index in [1.807, 2.05) is 6.07 Å². The van der Waals surface area contributed by atoms with E-state index in [2.05, 4.69) is 10.1 Å². The van der Waals surface area contributed by atoms with Gasteiger partial charge in [-0.3, -0.25) is 4.79 Å². The maximum atomic E-state index is 15.0. The summed E-state index contributed by atoms with van der Waals surface area (Å²) in [5.41, 5.74) is 6.36. The molecule has 33 heavy (non-hydrogen) atoms. The number of aromatic nitrogens is 2. The Morgan fingerprint density at radius 2 is 1.94 bits per heavy atom. The molecule has 2 heterocycles. The summed E-state index contributed by atoms with van der Waals surface area (Å²) >= 11 is 0. The van der Waals surface area contributed by atoms with Crippen LogP contribution >= 0.6 is 0 Å². The number of allylic oxidation sites excluding steroid dienone is 1. The summed E-state index contributed by atoms with van der Waals surface area (Å²) in [5, 5.41) is 4.28. The summed E-state index contributed by atoms with van der Waals surface area (Å²) in [6, 6.07) is 14.4. The highest BCUT2D eigenvalue weighted by atomic mass is 19.3. The topological polar surface area (TPSA) is 76.5 Å². The van der Waals surface area contributed by atoms with E-state index in [4.69, 9.17) is 5.73 Å². The maximum Gasteiger partial charge on any atom is 0.265 e. The van der Waals surface area contributed by atoms with E-state index in [1.165, 1.54) is 46.3 Å². The molecule has 0 atom stereocenters. The molecule has 0 amide bonds. The second-order valence-corrected chi connectivity index (χ2v) is 7.68. The number of para-hydroxylation sites is 1. The summed E-state index contributed by atoms with van der Waals surface area (Å²) in [5.74, 6) is -3.45. The van der Waals surface area contributed by atoms with Gasteiger partial charge in [0.2, 0.25) is 5.43 Å². The van der Waals surface area contributed by atoms with Crippen molar-refractivity contribution in [1.29, 1.82) is 0 Å². The minimum atomic E-state index is -2.80. The SMILES string of the molecule is NC=CC(=Nc1ccccc1)c1nn(-c2ccc(N3CCCC(F)(F)C3)cc2F)ccc1=O. The van der Waals surface area contributed by atoms with Crippen molar-refractivity contribution in [3.8, 4) is 5.69 Å². The molecule has 0 saturated carbocycles. The normalized spacial score (nSPS) is 16.3. The van der Waals surface area contributed by atoms with Crippen LogP contribution in [-0.2, 0) is 0 Å². The highest BCUT2D eigenvalue weighted by Crippen LogP contribution is 2.31. The fourth-order valence-corrected chi connectivity index (χ4v) is 3.69. The minimum Gasteiger partial charge on any atom is -0.405 e. The summed E-state index contributed by atoms with van der Waals surface area (Å²) < 4.78 is 43.7. The number of hydrogen-bond acceptors (Lipinski definition) is 5. The first kappa shape index (κ1) is 22.3. The standard InChI is InChI=1S/C24H22F3N5O/c25-19-15-18(31-13-4-11-24(26,27)16-31)7-8-21(19)32-14-10-22(33)23(30-32)20(9-12-28)29-17-5-2-1-3-6-17/h1-3,5-10,12,14-15H,4,11,13,16,28H2. The number of nitrogens with two attached hydrogens (primary N) is 1. The zero-order chi connectivity index (χ0) is 23.4. The molecule has 4 rings (SSSR count). The van der Waals surface area contributed by atoms with Crippen molar-refractivity contribution >= 4 is 17.1 Å². The van der Waals surface area contributed by atoms with Crippen molar-refractivity contribution in [3.05, 3.63) is 94.8 Å². The predicted octanol–water partition coefficient (Wildman–Crippen LogP) is 4.20. The number of nitrogens with zero attached hydrogens (tertiary/aromatic N) is 4. The van der Waals surface area contributed by atoms with Crippen LogP contribution in [0.25, 0.3) is 5.69 Å². The van der Waals surface area contributed by atoms with Gasteiger partial charge in [-0.25, -0.2) is 22.8 Å². The smallest absolute Gasteiger partial charge is 0.265 e. The molecule has 1 saturated heterocycles. The second-order valence-electron chi connectivity index (χ2n) is 7.68. The highest BCUT2D eigenvalue weighted by molar-refractivity contribution is 6.08. The Morgan fingerprint density at radius 3 is 2.64 bits per heavy atom. The molecule has 0 aliphatic carbocycles. The third kappa shape index (κ3) is 5.14. The minimum absolute atomic E-state index is 0.0118. The van der Waals surface area contributed by atoms with Gasteiger partial charge in [-0.1, -0.05) is 18.2 Å². The van der Waals surface area contributed by atoms with Gasteiger partial charge in [-0.2, -0.15) is 5.10 Å². The average molecular weight is 453 g/mol. The number of hydrogen-bond donors (Lipinski definition) is 1. The molecule has 0 radical (unpaired) electrons. The molecule has 3 aromatic rings. The Balaban J connectivity index is 1.70. The molecule has 170 valence electrons. The average Bonchev–Trinajstić information content (AvgIpc) is 2.79. The Kier molecular flexibility index (Phi) is 6.30. The van der Waals surface area contributed by atoms with Gasteiger partial charge in [0.05, 0.1) is 17.9 Å². The Labute approximate surface area is 188 Å². The first-order chi connectivity index (χ1) is 15.9. The molecule has 1 aliphatic rings. The summed E-state index contributed by atoms with van der Waals surface area (Å²) in [7, 11) is 0. The van der Waals surface area contributed by atoms with E-state index in [1.54, 1.807) is 30.3 Å². The van der Waals surface area contributed by atoms with Crippen molar-refractivity contribution in [3.63, 3.8) is 0 Å². The molecule has 1 aliphatic heterocycles. The monoisotopic (exact) mass is 453 g/mol. The van der Waals surface area contributed by atoms with E-state index < -0.39 is 23.7 Å². The molecule has 0 spiro atoms. The zero-order valence-electron chi connectivity index (χ0n) is 17.7. The summed E-state index contributed by atoms with van der Waals surface area (Å²) in [6.07, 6.45) is 4.18. The molecule has 2 N–H and O–H groups in total. The molecule has 9 heteroatoms. The number of piperidine rings is 1. The summed E-state index contributed by atoms with van der Waals surface area (Å²) in [4.78, 5) is 18.4. The van der Waals surface area contributed by atoms with Crippen molar-refractivity contribution in [2.24, 2.45) is 10.7 Å². The number of benzene rings is 2. The number of halogens is 3. The highest BCUT2D eigenvalue weighted by Gasteiger charge is 2.35. The van der Waals surface area contributed by atoms with E-state index in [0.717, 1.165) is 0 Å². The van der Waals surface area contributed by atoms with Gasteiger partial charge in [0, 0.05) is 30.9 Å². The quantitative estimate of drug-likeness (QED) is 0.588. The molecule has 2 aromatic carbocycles. The number of rotatable bonds is 5. The van der Waals surface area contributed by atoms with Crippen LogP contribution in [0.2, 0.25) is 0 Å². The molecular formula is C24H22F3N5O. The fraction of sp³-hybridized carbons (Fsp3) is 0.208. The molecular weight excluding hydrogens is 431 g/mol. The molecule has 6 nitrogen and oxygen atoms in total. The van der Waals surface area contributed by atoms with E-state index in [9.17, 15) is 18.0 Å². The maximum absolute atomic E-state index is 15.0. The second kappa shape index (κ2) is 9.32. The van der Waals surface area contributed by atoms with Gasteiger partial charge in [0.1, 0.15) is 5.69 Å². The first-order valence-electron chi connectivity index (χ1n) is 10.4. The van der Waals surface area contributed by atoms with Gasteiger partial charge < -0.3 is 10.6 Å². The Morgan fingerprint density at radius 1 is 1.15 bits per heavy atom. The van der Waals surface area contributed by atoms with Crippen molar-refractivity contribution < 1.29 is 13.2 Å². The van der Waals surface area contributed by atoms with Crippen LogP contribution < -0.4 is 16.1 Å². The van der Waals surface area contributed by atoms with Crippen molar-refractivity contribution in [1.82, 2.24) is 9.78 Å². The van der Waals surface area contributed by atoms with Crippen LogP contribution in [-0.4, -0.2) is 34.5 Å². The number of alkyl halides is 2. The van der Waals surface area contributed by atoms with Crippen LogP contribution in [0.15, 0.2) is 82.9 Å². The number of aliphatic imine (C=N–C) groups is 1. The molecule has 0 bridgehead atoms.